The van der Waals surface area contributed by atoms with Gasteiger partial charge in [-0.25, -0.2) is 9.36 Å². The fraction of sp³-hybridized carbons (Fsp3) is 0.167. The predicted molar refractivity (Wildman–Crippen MR) is 128 cm³/mol. The molecule has 0 N–H and O–H groups in total. The van der Waals surface area contributed by atoms with E-state index in [1.807, 2.05) is 31.2 Å². The first-order valence-electron chi connectivity index (χ1n) is 10.5. The summed E-state index contributed by atoms with van der Waals surface area (Å²) in [6, 6.07) is 15.9. The third kappa shape index (κ3) is 3.77. The molecule has 0 bridgehead atoms. The summed E-state index contributed by atoms with van der Waals surface area (Å²) >= 11 is 1.27. The van der Waals surface area contributed by atoms with Gasteiger partial charge in [-0.15, -0.1) is 11.3 Å². The average Bonchev–Trinajstić information content (AvgIpc) is 3.53. The van der Waals surface area contributed by atoms with Crippen LogP contribution in [0.4, 0.5) is 0 Å². The van der Waals surface area contributed by atoms with Crippen molar-refractivity contribution in [2.24, 2.45) is 0 Å². The minimum absolute atomic E-state index is 0.00625. The number of fused-ring (bicyclic) bond motifs is 1. The van der Waals surface area contributed by atoms with Crippen molar-refractivity contribution in [2.45, 2.75) is 13.5 Å². The van der Waals surface area contributed by atoms with Crippen LogP contribution in [0.15, 0.2) is 74.1 Å². The van der Waals surface area contributed by atoms with Gasteiger partial charge in [0.05, 0.1) is 30.5 Å². The van der Waals surface area contributed by atoms with Crippen molar-refractivity contribution in [3.05, 3.63) is 86.7 Å². The molecule has 10 heteroatoms. The summed E-state index contributed by atoms with van der Waals surface area (Å²) in [7, 11) is 1.55. The number of ether oxygens (including phenoxy) is 2. The van der Waals surface area contributed by atoms with Gasteiger partial charge >= 0.3 is 5.69 Å². The maximum atomic E-state index is 13.5. The summed E-state index contributed by atoms with van der Waals surface area (Å²) in [6.07, 6.45) is 0. The second-order valence-electron chi connectivity index (χ2n) is 7.28. The van der Waals surface area contributed by atoms with E-state index in [1.165, 1.54) is 15.9 Å². The van der Waals surface area contributed by atoms with Crippen molar-refractivity contribution < 1.29 is 14.0 Å². The molecule has 0 radical (unpaired) electrons. The van der Waals surface area contributed by atoms with E-state index in [0.717, 1.165) is 4.57 Å². The predicted octanol–water partition coefficient (Wildman–Crippen LogP) is 3.72. The molecule has 0 spiro atoms. The first-order chi connectivity index (χ1) is 16.6. The Morgan fingerprint density at radius 3 is 2.62 bits per heavy atom. The van der Waals surface area contributed by atoms with E-state index in [2.05, 4.69) is 10.1 Å². The van der Waals surface area contributed by atoms with Crippen LogP contribution in [0.1, 0.15) is 12.8 Å². The number of methoxy groups -OCH3 is 1. The van der Waals surface area contributed by atoms with E-state index >= 15 is 0 Å². The molecule has 172 valence electrons. The van der Waals surface area contributed by atoms with Gasteiger partial charge in [0.2, 0.25) is 11.7 Å². The maximum absolute atomic E-state index is 13.5. The van der Waals surface area contributed by atoms with Crippen LogP contribution < -0.4 is 20.7 Å². The van der Waals surface area contributed by atoms with Crippen LogP contribution in [0.3, 0.4) is 0 Å². The SMILES string of the molecule is CCOc1ccccc1-c1noc(Cn2c(=O)n(-c3ccc(OC)cc3)c(=O)c3sccc32)n1. The Kier molecular flexibility index (Phi) is 5.72. The zero-order chi connectivity index (χ0) is 23.7. The topological polar surface area (TPSA) is 101 Å². The number of aromatic nitrogens is 4. The zero-order valence-corrected chi connectivity index (χ0v) is 19.2. The monoisotopic (exact) mass is 476 g/mol. The number of nitrogens with zero attached hydrogens (tertiary/aromatic N) is 4. The molecule has 0 aliphatic rings. The van der Waals surface area contributed by atoms with Gasteiger partial charge in [-0.3, -0.25) is 9.36 Å². The lowest BCUT2D eigenvalue weighted by Crippen LogP contribution is -2.38. The normalized spacial score (nSPS) is 11.1. The smallest absolute Gasteiger partial charge is 0.336 e. The Morgan fingerprint density at radius 1 is 1.06 bits per heavy atom. The summed E-state index contributed by atoms with van der Waals surface area (Å²) in [4.78, 5) is 31.1. The Bertz CT molecular complexity index is 1580. The molecule has 0 atom stereocenters. The molecule has 0 saturated carbocycles. The van der Waals surface area contributed by atoms with Gasteiger partial charge in [0.15, 0.2) is 0 Å². The molecule has 0 unspecified atom stereocenters. The second kappa shape index (κ2) is 8.99. The summed E-state index contributed by atoms with van der Waals surface area (Å²) < 4.78 is 19.4. The van der Waals surface area contributed by atoms with Gasteiger partial charge in [-0.05, 0) is 54.8 Å². The molecule has 34 heavy (non-hydrogen) atoms. The zero-order valence-electron chi connectivity index (χ0n) is 18.4. The molecule has 0 saturated heterocycles. The fourth-order valence-electron chi connectivity index (χ4n) is 3.70. The summed E-state index contributed by atoms with van der Waals surface area (Å²) in [6.45, 7) is 2.40. The molecule has 5 aromatic rings. The van der Waals surface area contributed by atoms with Crippen molar-refractivity contribution >= 4 is 21.6 Å². The van der Waals surface area contributed by atoms with Crippen molar-refractivity contribution in [1.82, 2.24) is 19.3 Å². The standard InChI is InChI=1S/C24H20N4O5S/c1-3-32-19-7-5-4-6-17(19)22-25-20(33-26-22)14-27-18-12-13-34-21(18)23(29)28(24(27)30)15-8-10-16(31-2)11-9-15/h4-13H,3,14H2,1-2H3. The van der Waals surface area contributed by atoms with E-state index in [1.54, 1.807) is 42.8 Å². The quantitative estimate of drug-likeness (QED) is 0.353. The third-order valence-electron chi connectivity index (χ3n) is 5.27. The van der Waals surface area contributed by atoms with Gasteiger partial charge in [0.1, 0.15) is 22.7 Å². The van der Waals surface area contributed by atoms with Crippen molar-refractivity contribution in [3.8, 4) is 28.6 Å². The van der Waals surface area contributed by atoms with Crippen LogP contribution in [0, 0.1) is 0 Å². The minimum Gasteiger partial charge on any atom is -0.497 e. The summed E-state index contributed by atoms with van der Waals surface area (Å²) in [5, 5.41) is 5.85. The average molecular weight is 477 g/mol. The minimum atomic E-state index is -0.504. The van der Waals surface area contributed by atoms with Crippen LogP contribution >= 0.6 is 11.3 Å². The number of rotatable bonds is 7. The first kappa shape index (κ1) is 21.7. The van der Waals surface area contributed by atoms with Crippen LogP contribution in [0.25, 0.3) is 27.3 Å². The molecular formula is C24H20N4O5S. The Labute approximate surface area is 197 Å². The highest BCUT2D eigenvalue weighted by Crippen LogP contribution is 2.28. The van der Waals surface area contributed by atoms with Crippen LogP contribution in [0.5, 0.6) is 11.5 Å². The second-order valence-corrected chi connectivity index (χ2v) is 8.20. The van der Waals surface area contributed by atoms with Crippen LogP contribution in [0.2, 0.25) is 0 Å². The highest BCUT2D eigenvalue weighted by Gasteiger charge is 2.19. The lowest BCUT2D eigenvalue weighted by molar-refractivity contribution is 0.340. The summed E-state index contributed by atoms with van der Waals surface area (Å²) in [5.41, 5.74) is 0.760. The van der Waals surface area contributed by atoms with E-state index in [4.69, 9.17) is 14.0 Å². The molecule has 0 aliphatic carbocycles. The third-order valence-corrected chi connectivity index (χ3v) is 6.17. The van der Waals surface area contributed by atoms with Crippen molar-refractivity contribution in [1.29, 1.82) is 0 Å². The largest absolute Gasteiger partial charge is 0.497 e. The highest BCUT2D eigenvalue weighted by atomic mass is 32.1. The number of para-hydroxylation sites is 1. The lowest BCUT2D eigenvalue weighted by Gasteiger charge is -2.11. The van der Waals surface area contributed by atoms with Gasteiger partial charge < -0.3 is 14.0 Å². The molecule has 3 aromatic heterocycles. The number of benzene rings is 2. The van der Waals surface area contributed by atoms with Gasteiger partial charge in [0.25, 0.3) is 5.56 Å². The molecule has 0 aliphatic heterocycles. The van der Waals surface area contributed by atoms with Crippen LogP contribution in [-0.4, -0.2) is 33.0 Å². The Balaban J connectivity index is 1.59. The summed E-state index contributed by atoms with van der Waals surface area (Å²) in [5.74, 6) is 1.86. The van der Waals surface area contributed by atoms with E-state index < -0.39 is 5.69 Å². The van der Waals surface area contributed by atoms with Crippen molar-refractivity contribution in [2.75, 3.05) is 13.7 Å². The van der Waals surface area contributed by atoms with Gasteiger partial charge in [0, 0.05) is 0 Å². The van der Waals surface area contributed by atoms with Crippen LogP contribution in [-0.2, 0) is 6.54 Å². The molecule has 0 fully saturated rings. The lowest BCUT2D eigenvalue weighted by atomic mass is 10.2. The van der Waals surface area contributed by atoms with E-state index in [-0.39, 0.29) is 18.0 Å². The maximum Gasteiger partial charge on any atom is 0.336 e. The molecule has 2 aromatic carbocycles. The number of hydrogen-bond donors (Lipinski definition) is 0. The van der Waals surface area contributed by atoms with Crippen molar-refractivity contribution in [3.63, 3.8) is 0 Å². The van der Waals surface area contributed by atoms with E-state index in [0.29, 0.717) is 45.4 Å². The number of thiophene rings is 1. The number of hydrogen-bond acceptors (Lipinski definition) is 8. The van der Waals surface area contributed by atoms with Gasteiger partial charge in [-0.1, -0.05) is 17.3 Å². The van der Waals surface area contributed by atoms with Gasteiger partial charge in [-0.2, -0.15) is 4.98 Å². The first-order valence-corrected chi connectivity index (χ1v) is 11.4. The Hall–Kier alpha value is -4.18. The molecule has 9 nitrogen and oxygen atoms in total. The molecular weight excluding hydrogens is 456 g/mol. The molecule has 5 rings (SSSR count). The fourth-order valence-corrected chi connectivity index (χ4v) is 4.52. The highest BCUT2D eigenvalue weighted by molar-refractivity contribution is 7.17. The molecule has 0 amide bonds. The van der Waals surface area contributed by atoms with E-state index in [9.17, 15) is 9.59 Å². The Morgan fingerprint density at radius 2 is 1.85 bits per heavy atom. The molecule has 3 heterocycles.